The number of hydrogen-bond acceptors (Lipinski definition) is 3. The Labute approximate surface area is 153 Å². The van der Waals surface area contributed by atoms with E-state index in [-0.39, 0.29) is 11.8 Å². The van der Waals surface area contributed by atoms with E-state index in [1.54, 1.807) is 17.0 Å². The SMILES string of the molecule is Cc1ccccc1COc1ccccc1C(=O)N1CCC(C(=O)O)CC1. The molecule has 1 saturated heterocycles. The lowest BCUT2D eigenvalue weighted by Crippen LogP contribution is -2.40. The molecule has 26 heavy (non-hydrogen) atoms. The summed E-state index contributed by atoms with van der Waals surface area (Å²) in [6, 6.07) is 15.2. The van der Waals surface area contributed by atoms with Gasteiger partial charge in [-0.25, -0.2) is 0 Å². The zero-order valence-electron chi connectivity index (χ0n) is 14.9. The third kappa shape index (κ3) is 4.04. The Bertz CT molecular complexity index is 794. The fourth-order valence-electron chi connectivity index (χ4n) is 3.20. The number of amides is 1. The summed E-state index contributed by atoms with van der Waals surface area (Å²) in [6.07, 6.45) is 0.987. The molecule has 1 fully saturated rings. The normalized spacial score (nSPS) is 14.9. The molecule has 136 valence electrons. The van der Waals surface area contributed by atoms with Crippen molar-refractivity contribution in [2.75, 3.05) is 13.1 Å². The second kappa shape index (κ2) is 8.04. The summed E-state index contributed by atoms with van der Waals surface area (Å²) in [5, 5.41) is 9.10. The average Bonchev–Trinajstić information content (AvgIpc) is 2.67. The number of ether oxygens (including phenoxy) is 1. The Morgan fingerprint density at radius 3 is 2.42 bits per heavy atom. The molecule has 1 N–H and O–H groups in total. The third-order valence-corrected chi connectivity index (χ3v) is 4.89. The first-order valence-electron chi connectivity index (χ1n) is 8.84. The number of carbonyl (C=O) groups is 2. The van der Waals surface area contributed by atoms with E-state index in [1.165, 1.54) is 0 Å². The molecule has 0 radical (unpaired) electrons. The summed E-state index contributed by atoms with van der Waals surface area (Å²) in [4.78, 5) is 25.7. The van der Waals surface area contributed by atoms with Crippen molar-refractivity contribution in [3.05, 3.63) is 65.2 Å². The molecule has 0 unspecified atom stereocenters. The summed E-state index contributed by atoms with van der Waals surface area (Å²) >= 11 is 0. The van der Waals surface area contributed by atoms with Gasteiger partial charge in [0.25, 0.3) is 5.91 Å². The predicted molar refractivity (Wildman–Crippen MR) is 98.2 cm³/mol. The maximum absolute atomic E-state index is 12.9. The van der Waals surface area contributed by atoms with Crippen LogP contribution in [0, 0.1) is 12.8 Å². The van der Waals surface area contributed by atoms with Gasteiger partial charge in [0, 0.05) is 13.1 Å². The lowest BCUT2D eigenvalue weighted by Gasteiger charge is -2.30. The van der Waals surface area contributed by atoms with Crippen LogP contribution in [0.25, 0.3) is 0 Å². The van der Waals surface area contributed by atoms with Crippen LogP contribution in [0.4, 0.5) is 0 Å². The number of piperidine rings is 1. The number of likely N-dealkylation sites (tertiary alicyclic amines) is 1. The number of carbonyl (C=O) groups excluding carboxylic acids is 1. The number of aliphatic carboxylic acids is 1. The Morgan fingerprint density at radius 1 is 1.08 bits per heavy atom. The van der Waals surface area contributed by atoms with E-state index < -0.39 is 5.97 Å². The molecule has 0 bridgehead atoms. The van der Waals surface area contributed by atoms with Crippen molar-refractivity contribution in [3.8, 4) is 5.75 Å². The summed E-state index contributed by atoms with van der Waals surface area (Å²) in [5.41, 5.74) is 2.75. The van der Waals surface area contributed by atoms with Gasteiger partial charge in [-0.3, -0.25) is 9.59 Å². The number of carboxylic acid groups (broad SMARTS) is 1. The van der Waals surface area contributed by atoms with Gasteiger partial charge in [-0.1, -0.05) is 36.4 Å². The number of nitrogens with zero attached hydrogens (tertiary/aromatic N) is 1. The lowest BCUT2D eigenvalue weighted by atomic mass is 9.96. The second-order valence-electron chi connectivity index (χ2n) is 6.62. The average molecular weight is 353 g/mol. The first-order valence-corrected chi connectivity index (χ1v) is 8.84. The Hall–Kier alpha value is -2.82. The van der Waals surface area contributed by atoms with E-state index in [2.05, 4.69) is 0 Å². The highest BCUT2D eigenvalue weighted by Gasteiger charge is 2.28. The van der Waals surface area contributed by atoms with Gasteiger partial charge in [0.05, 0.1) is 11.5 Å². The minimum atomic E-state index is -0.779. The van der Waals surface area contributed by atoms with Crippen LogP contribution in [0.3, 0.4) is 0 Å². The number of hydrogen-bond donors (Lipinski definition) is 1. The largest absolute Gasteiger partial charge is 0.488 e. The van der Waals surface area contributed by atoms with Crippen LogP contribution in [0.2, 0.25) is 0 Å². The number of para-hydroxylation sites is 1. The summed E-state index contributed by atoms with van der Waals surface area (Å²) in [5.74, 6) is -0.680. The van der Waals surface area contributed by atoms with Crippen LogP contribution in [0.15, 0.2) is 48.5 Å². The minimum Gasteiger partial charge on any atom is -0.488 e. The van der Waals surface area contributed by atoms with Crippen molar-refractivity contribution in [1.82, 2.24) is 4.90 Å². The van der Waals surface area contributed by atoms with Crippen molar-refractivity contribution < 1.29 is 19.4 Å². The van der Waals surface area contributed by atoms with Crippen LogP contribution in [0.5, 0.6) is 5.75 Å². The van der Waals surface area contributed by atoms with Gasteiger partial charge < -0.3 is 14.7 Å². The zero-order chi connectivity index (χ0) is 18.5. The second-order valence-corrected chi connectivity index (χ2v) is 6.62. The highest BCUT2D eigenvalue weighted by Crippen LogP contribution is 2.25. The molecule has 1 aliphatic heterocycles. The van der Waals surface area contributed by atoms with E-state index in [0.29, 0.717) is 43.9 Å². The highest BCUT2D eigenvalue weighted by atomic mass is 16.5. The molecular formula is C21H23NO4. The molecule has 1 aliphatic rings. The van der Waals surface area contributed by atoms with E-state index in [1.807, 2.05) is 43.3 Å². The topological polar surface area (TPSA) is 66.8 Å². The monoisotopic (exact) mass is 353 g/mol. The molecule has 5 nitrogen and oxygen atoms in total. The quantitative estimate of drug-likeness (QED) is 0.893. The van der Waals surface area contributed by atoms with Crippen LogP contribution < -0.4 is 4.74 Å². The van der Waals surface area contributed by atoms with Crippen molar-refractivity contribution in [2.45, 2.75) is 26.4 Å². The van der Waals surface area contributed by atoms with Crippen molar-refractivity contribution in [3.63, 3.8) is 0 Å². The Kier molecular flexibility index (Phi) is 5.56. The molecule has 5 heteroatoms. The van der Waals surface area contributed by atoms with Gasteiger partial charge in [0.2, 0.25) is 0 Å². The molecular weight excluding hydrogens is 330 g/mol. The van der Waals surface area contributed by atoms with Gasteiger partial charge in [-0.05, 0) is 43.0 Å². The first-order chi connectivity index (χ1) is 12.6. The first kappa shape index (κ1) is 18.0. The molecule has 0 aromatic heterocycles. The molecule has 3 rings (SSSR count). The summed E-state index contributed by atoms with van der Waals surface area (Å²) in [7, 11) is 0. The number of aryl methyl sites for hydroxylation is 1. The van der Waals surface area contributed by atoms with Gasteiger partial charge in [0.1, 0.15) is 12.4 Å². The number of benzene rings is 2. The molecule has 0 aliphatic carbocycles. The number of rotatable bonds is 5. The van der Waals surface area contributed by atoms with Gasteiger partial charge in [0.15, 0.2) is 0 Å². The zero-order valence-corrected chi connectivity index (χ0v) is 14.9. The summed E-state index contributed by atoms with van der Waals surface area (Å²) in [6.45, 7) is 3.35. The van der Waals surface area contributed by atoms with Crippen LogP contribution >= 0.6 is 0 Å². The Morgan fingerprint density at radius 2 is 1.73 bits per heavy atom. The Balaban J connectivity index is 1.70. The van der Waals surface area contributed by atoms with E-state index in [4.69, 9.17) is 9.84 Å². The maximum Gasteiger partial charge on any atom is 0.306 e. The third-order valence-electron chi connectivity index (χ3n) is 4.89. The smallest absolute Gasteiger partial charge is 0.306 e. The van der Waals surface area contributed by atoms with Crippen molar-refractivity contribution in [1.29, 1.82) is 0 Å². The molecule has 1 amide bonds. The standard InChI is InChI=1S/C21H23NO4/c1-15-6-2-3-7-17(15)14-26-19-9-5-4-8-18(19)20(23)22-12-10-16(11-13-22)21(24)25/h2-9,16H,10-14H2,1H3,(H,24,25). The van der Waals surface area contributed by atoms with Gasteiger partial charge >= 0.3 is 5.97 Å². The van der Waals surface area contributed by atoms with Crippen LogP contribution in [0.1, 0.15) is 34.3 Å². The predicted octanol–water partition coefficient (Wildman–Crippen LogP) is 3.51. The summed E-state index contributed by atoms with van der Waals surface area (Å²) < 4.78 is 5.93. The van der Waals surface area contributed by atoms with E-state index in [0.717, 1.165) is 11.1 Å². The molecule has 0 atom stereocenters. The van der Waals surface area contributed by atoms with Crippen molar-refractivity contribution in [2.24, 2.45) is 5.92 Å². The molecule has 2 aromatic rings. The highest BCUT2D eigenvalue weighted by molar-refractivity contribution is 5.97. The lowest BCUT2D eigenvalue weighted by molar-refractivity contribution is -0.143. The molecule has 0 spiro atoms. The fourth-order valence-corrected chi connectivity index (χ4v) is 3.20. The van der Waals surface area contributed by atoms with E-state index >= 15 is 0 Å². The van der Waals surface area contributed by atoms with Gasteiger partial charge in [-0.15, -0.1) is 0 Å². The number of carboxylic acids is 1. The maximum atomic E-state index is 12.9. The van der Waals surface area contributed by atoms with Crippen LogP contribution in [-0.2, 0) is 11.4 Å². The van der Waals surface area contributed by atoms with E-state index in [9.17, 15) is 9.59 Å². The molecule has 2 aromatic carbocycles. The molecule has 0 saturated carbocycles. The fraction of sp³-hybridized carbons (Fsp3) is 0.333. The van der Waals surface area contributed by atoms with Crippen LogP contribution in [-0.4, -0.2) is 35.0 Å². The minimum absolute atomic E-state index is 0.103. The van der Waals surface area contributed by atoms with Crippen molar-refractivity contribution >= 4 is 11.9 Å². The van der Waals surface area contributed by atoms with Gasteiger partial charge in [-0.2, -0.15) is 0 Å². The molecule has 1 heterocycles.